The summed E-state index contributed by atoms with van der Waals surface area (Å²) >= 11 is 5.67. The molecule has 1 unspecified atom stereocenters. The van der Waals surface area contributed by atoms with Gasteiger partial charge in [0.15, 0.2) is 0 Å². The standard InChI is InChI=1S/C7H5Br2F3/c8-5-2-1-3-6(9,4-5)7(10,11)12/h1-2,4H,3H2. The van der Waals surface area contributed by atoms with Crippen LogP contribution in [0.1, 0.15) is 6.42 Å². The Morgan fingerprint density at radius 2 is 2.00 bits per heavy atom. The molecule has 0 saturated carbocycles. The van der Waals surface area contributed by atoms with Gasteiger partial charge < -0.3 is 0 Å². The molecule has 0 aromatic rings. The van der Waals surface area contributed by atoms with E-state index in [2.05, 4.69) is 31.9 Å². The van der Waals surface area contributed by atoms with Crippen LogP contribution in [0.2, 0.25) is 0 Å². The van der Waals surface area contributed by atoms with Crippen LogP contribution in [0.25, 0.3) is 0 Å². The van der Waals surface area contributed by atoms with E-state index >= 15 is 0 Å². The van der Waals surface area contributed by atoms with Crippen molar-refractivity contribution in [3.8, 4) is 0 Å². The molecule has 0 fully saturated rings. The zero-order valence-electron chi connectivity index (χ0n) is 5.83. The first-order chi connectivity index (χ1) is 5.35. The third-order valence-corrected chi connectivity index (χ3v) is 3.03. The number of alkyl halides is 4. The van der Waals surface area contributed by atoms with Crippen LogP contribution < -0.4 is 0 Å². The summed E-state index contributed by atoms with van der Waals surface area (Å²) in [6, 6.07) is 0. The largest absolute Gasteiger partial charge is 0.407 e. The van der Waals surface area contributed by atoms with Crippen molar-refractivity contribution in [1.82, 2.24) is 0 Å². The van der Waals surface area contributed by atoms with Crippen LogP contribution in [0, 0.1) is 0 Å². The van der Waals surface area contributed by atoms with E-state index in [-0.39, 0.29) is 6.42 Å². The van der Waals surface area contributed by atoms with Gasteiger partial charge in [-0.25, -0.2) is 0 Å². The predicted octanol–water partition coefficient (Wildman–Crippen LogP) is 3.92. The molecule has 0 radical (unpaired) electrons. The van der Waals surface area contributed by atoms with Crippen LogP contribution >= 0.6 is 31.9 Å². The topological polar surface area (TPSA) is 0 Å². The first-order valence-corrected chi connectivity index (χ1v) is 4.74. The van der Waals surface area contributed by atoms with Crippen LogP contribution in [0.4, 0.5) is 13.2 Å². The Morgan fingerprint density at radius 3 is 2.33 bits per heavy atom. The Hall–Kier alpha value is 0.230. The summed E-state index contributed by atoms with van der Waals surface area (Å²) in [7, 11) is 0. The molecular weight excluding hydrogens is 301 g/mol. The fourth-order valence-corrected chi connectivity index (χ4v) is 2.18. The SMILES string of the molecule is FC(F)(F)C1(Br)C=C(Br)C=CC1. The lowest BCUT2D eigenvalue weighted by Crippen LogP contribution is -2.37. The lowest BCUT2D eigenvalue weighted by Gasteiger charge is -2.27. The average Bonchev–Trinajstić information content (AvgIpc) is 1.83. The van der Waals surface area contributed by atoms with Gasteiger partial charge >= 0.3 is 6.18 Å². The highest BCUT2D eigenvalue weighted by molar-refractivity contribution is 9.12. The third kappa shape index (κ3) is 1.93. The highest BCUT2D eigenvalue weighted by atomic mass is 79.9. The average molecular weight is 306 g/mol. The maximum Gasteiger partial charge on any atom is 0.407 e. The van der Waals surface area contributed by atoms with Crippen LogP contribution in [-0.4, -0.2) is 10.5 Å². The monoisotopic (exact) mass is 304 g/mol. The Kier molecular flexibility index (Phi) is 2.73. The fourth-order valence-electron chi connectivity index (χ4n) is 0.866. The molecule has 0 N–H and O–H groups in total. The Bertz CT molecular complexity index is 242. The summed E-state index contributed by atoms with van der Waals surface area (Å²) in [5.41, 5.74) is 0. The van der Waals surface area contributed by atoms with Crippen molar-refractivity contribution in [1.29, 1.82) is 0 Å². The number of allylic oxidation sites excluding steroid dienone is 4. The van der Waals surface area contributed by atoms with Crippen molar-refractivity contribution in [3.05, 3.63) is 22.7 Å². The van der Waals surface area contributed by atoms with Crippen molar-refractivity contribution < 1.29 is 13.2 Å². The van der Waals surface area contributed by atoms with Gasteiger partial charge in [-0.1, -0.05) is 44.0 Å². The lowest BCUT2D eigenvalue weighted by atomic mass is 10.0. The van der Waals surface area contributed by atoms with E-state index in [1.807, 2.05) is 0 Å². The molecule has 12 heavy (non-hydrogen) atoms. The Balaban J connectivity index is 2.95. The number of hydrogen-bond acceptors (Lipinski definition) is 0. The van der Waals surface area contributed by atoms with Gasteiger partial charge in [-0.3, -0.25) is 0 Å². The molecule has 1 aliphatic rings. The molecule has 0 aromatic carbocycles. The summed E-state index contributed by atoms with van der Waals surface area (Å²) < 4.78 is 35.6. The number of hydrogen-bond donors (Lipinski definition) is 0. The van der Waals surface area contributed by atoms with E-state index in [4.69, 9.17) is 0 Å². The van der Waals surface area contributed by atoms with Gasteiger partial charge in [-0.15, -0.1) is 0 Å². The van der Waals surface area contributed by atoms with Crippen molar-refractivity contribution in [2.75, 3.05) is 0 Å². The van der Waals surface area contributed by atoms with E-state index in [0.29, 0.717) is 4.48 Å². The minimum absolute atomic E-state index is 0.0639. The maximum absolute atomic E-state index is 12.4. The smallest absolute Gasteiger partial charge is 0.169 e. The highest BCUT2D eigenvalue weighted by Crippen LogP contribution is 2.45. The predicted molar refractivity (Wildman–Crippen MR) is 48.5 cm³/mol. The summed E-state index contributed by atoms with van der Waals surface area (Å²) in [5, 5.41) is 0. The van der Waals surface area contributed by atoms with Crippen LogP contribution in [0.15, 0.2) is 22.7 Å². The molecule has 1 atom stereocenters. The first kappa shape index (κ1) is 10.3. The second-order valence-corrected chi connectivity index (χ2v) is 4.83. The summed E-state index contributed by atoms with van der Waals surface area (Å²) in [6.07, 6.45) is -0.118. The summed E-state index contributed by atoms with van der Waals surface area (Å²) in [4.78, 5) is 0. The maximum atomic E-state index is 12.4. The molecule has 0 aliphatic heterocycles. The second-order valence-electron chi connectivity index (χ2n) is 2.50. The summed E-state index contributed by atoms with van der Waals surface area (Å²) in [5.74, 6) is 0. The van der Waals surface area contributed by atoms with E-state index in [0.717, 1.165) is 6.08 Å². The molecular formula is C7H5Br2F3. The molecule has 0 saturated heterocycles. The quantitative estimate of drug-likeness (QED) is 0.595. The van der Waals surface area contributed by atoms with Gasteiger partial charge in [-0.05, 0) is 12.5 Å². The van der Waals surface area contributed by atoms with Crippen molar-refractivity contribution in [2.45, 2.75) is 16.9 Å². The zero-order chi connectivity index (χ0) is 9.41. The Labute approximate surface area is 84.8 Å². The van der Waals surface area contributed by atoms with Gasteiger partial charge in [0.1, 0.15) is 4.32 Å². The lowest BCUT2D eigenvalue weighted by molar-refractivity contribution is -0.145. The third-order valence-electron chi connectivity index (χ3n) is 1.53. The number of halogens is 5. The molecule has 68 valence electrons. The molecule has 0 nitrogen and oxygen atoms in total. The summed E-state index contributed by atoms with van der Waals surface area (Å²) in [6.45, 7) is 0. The molecule has 0 aromatic heterocycles. The van der Waals surface area contributed by atoms with Crippen LogP contribution in [0.3, 0.4) is 0 Å². The second kappa shape index (κ2) is 3.18. The zero-order valence-corrected chi connectivity index (χ0v) is 9.00. The van der Waals surface area contributed by atoms with Crippen LogP contribution in [0.5, 0.6) is 0 Å². The van der Waals surface area contributed by atoms with Gasteiger partial charge in [0, 0.05) is 4.48 Å². The molecule has 0 amide bonds. The van der Waals surface area contributed by atoms with Crippen molar-refractivity contribution in [2.24, 2.45) is 0 Å². The van der Waals surface area contributed by atoms with Gasteiger partial charge in [0.05, 0.1) is 0 Å². The minimum atomic E-state index is -4.25. The van der Waals surface area contributed by atoms with Gasteiger partial charge in [0.25, 0.3) is 0 Å². The van der Waals surface area contributed by atoms with Crippen LogP contribution in [-0.2, 0) is 0 Å². The van der Waals surface area contributed by atoms with E-state index in [9.17, 15) is 13.2 Å². The van der Waals surface area contributed by atoms with Gasteiger partial charge in [-0.2, -0.15) is 13.2 Å². The molecule has 1 aliphatic carbocycles. The molecule has 0 heterocycles. The normalized spacial score (nSPS) is 30.2. The molecule has 0 bridgehead atoms. The minimum Gasteiger partial charge on any atom is -0.169 e. The van der Waals surface area contributed by atoms with Gasteiger partial charge in [0.2, 0.25) is 0 Å². The van der Waals surface area contributed by atoms with Crippen molar-refractivity contribution >= 4 is 31.9 Å². The van der Waals surface area contributed by atoms with E-state index in [1.165, 1.54) is 6.08 Å². The van der Waals surface area contributed by atoms with E-state index in [1.54, 1.807) is 6.08 Å². The highest BCUT2D eigenvalue weighted by Gasteiger charge is 2.51. The number of rotatable bonds is 0. The van der Waals surface area contributed by atoms with Crippen molar-refractivity contribution in [3.63, 3.8) is 0 Å². The first-order valence-electron chi connectivity index (χ1n) is 3.16. The van der Waals surface area contributed by atoms with E-state index < -0.39 is 10.5 Å². The fraction of sp³-hybridized carbons (Fsp3) is 0.429. The molecule has 1 rings (SSSR count). The molecule has 0 spiro atoms. The Morgan fingerprint density at radius 1 is 1.42 bits per heavy atom. The molecule has 5 heteroatoms.